The number of amides is 2. The predicted molar refractivity (Wildman–Crippen MR) is 144 cm³/mol. The normalized spacial score (nSPS) is 20.4. The molecule has 1 aliphatic heterocycles. The predicted octanol–water partition coefficient (Wildman–Crippen LogP) is 6.13. The van der Waals surface area contributed by atoms with E-state index in [0.29, 0.717) is 0 Å². The first-order chi connectivity index (χ1) is 17.6. The van der Waals surface area contributed by atoms with Crippen LogP contribution < -0.4 is 5.32 Å². The van der Waals surface area contributed by atoms with Gasteiger partial charge in [0.2, 0.25) is 11.8 Å². The number of benzene rings is 1. The molecule has 3 aromatic rings. The van der Waals surface area contributed by atoms with Crippen LogP contribution in [0, 0.1) is 11.8 Å². The van der Waals surface area contributed by atoms with E-state index in [4.69, 9.17) is 4.98 Å². The molecule has 190 valence electrons. The summed E-state index contributed by atoms with van der Waals surface area (Å²) in [5.41, 5.74) is 1.93. The van der Waals surface area contributed by atoms with Crippen molar-refractivity contribution in [1.82, 2.24) is 20.2 Å². The molecule has 1 N–H and O–H groups in total. The lowest BCUT2D eigenvalue weighted by atomic mass is 9.83. The average Bonchev–Trinajstić information content (AvgIpc) is 3.61. The molecule has 2 amide bonds. The van der Waals surface area contributed by atoms with Crippen LogP contribution in [-0.2, 0) is 9.59 Å². The molecule has 1 aliphatic carbocycles. The zero-order chi connectivity index (χ0) is 25.1. The van der Waals surface area contributed by atoms with Crippen LogP contribution in [0.5, 0.6) is 0 Å². The van der Waals surface area contributed by atoms with Gasteiger partial charge in [0.1, 0.15) is 11.0 Å². The van der Waals surface area contributed by atoms with Crippen molar-refractivity contribution >= 4 is 33.9 Å². The third kappa shape index (κ3) is 5.03. The van der Waals surface area contributed by atoms with Gasteiger partial charge in [0.25, 0.3) is 0 Å². The summed E-state index contributed by atoms with van der Waals surface area (Å²) >= 11 is 1.62. The summed E-state index contributed by atoms with van der Waals surface area (Å²) in [5.74, 6) is 0.199. The first kappa shape index (κ1) is 24.9. The second-order valence-electron chi connectivity index (χ2n) is 10.4. The summed E-state index contributed by atoms with van der Waals surface area (Å²) in [6, 6.07) is 7.75. The van der Waals surface area contributed by atoms with Gasteiger partial charge in [0.15, 0.2) is 0 Å². The standard InChI is InChI=1S/C29H36N4O2S/c1-3-19(2)27(34)32-26(20-10-5-4-6-11-20)29(35)33-15-9-14-25(33)28-31-24(18-36-28)23-17-30-16-21-12-7-8-13-22(21)23/h7-8,12-13,16-20,25-26H,3-6,9-11,14-15H2,1-2H3,(H,32,34)/t19-,25+,26+/m1/s1. The quantitative estimate of drug-likeness (QED) is 0.420. The Morgan fingerprint density at radius 1 is 1.11 bits per heavy atom. The molecule has 1 saturated heterocycles. The number of fused-ring (bicyclic) bond motifs is 1. The second kappa shape index (κ2) is 11.1. The summed E-state index contributed by atoms with van der Waals surface area (Å²) in [6.45, 7) is 4.68. The van der Waals surface area contributed by atoms with Gasteiger partial charge in [-0.2, -0.15) is 0 Å². The van der Waals surface area contributed by atoms with E-state index in [1.165, 1.54) is 6.42 Å². The molecule has 36 heavy (non-hydrogen) atoms. The van der Waals surface area contributed by atoms with Crippen LogP contribution in [-0.4, -0.2) is 39.3 Å². The summed E-state index contributed by atoms with van der Waals surface area (Å²) < 4.78 is 0. The van der Waals surface area contributed by atoms with Crippen molar-refractivity contribution in [2.24, 2.45) is 11.8 Å². The SMILES string of the molecule is CC[C@@H](C)C(=O)N[C@H](C(=O)N1CCC[C@H]1c1nc(-c2cncc3ccccc23)cs1)C1CCCCC1. The lowest BCUT2D eigenvalue weighted by Gasteiger charge is -2.35. The minimum Gasteiger partial charge on any atom is -0.344 e. The van der Waals surface area contributed by atoms with E-state index in [1.807, 2.05) is 43.3 Å². The molecular weight excluding hydrogens is 468 g/mol. The number of hydrogen-bond acceptors (Lipinski definition) is 5. The Labute approximate surface area is 217 Å². The van der Waals surface area contributed by atoms with Gasteiger partial charge in [0, 0.05) is 41.2 Å². The summed E-state index contributed by atoms with van der Waals surface area (Å²) in [4.78, 5) is 38.3. The molecule has 0 spiro atoms. The molecule has 2 fully saturated rings. The maximum Gasteiger partial charge on any atom is 0.246 e. The number of rotatable bonds is 7. The summed E-state index contributed by atoms with van der Waals surface area (Å²) in [6.07, 6.45) is 11.9. The molecule has 5 rings (SSSR count). The smallest absolute Gasteiger partial charge is 0.246 e. The molecule has 0 radical (unpaired) electrons. The summed E-state index contributed by atoms with van der Waals surface area (Å²) in [7, 11) is 0. The van der Waals surface area contributed by atoms with Crippen molar-refractivity contribution < 1.29 is 9.59 Å². The Bertz CT molecular complexity index is 1210. The van der Waals surface area contributed by atoms with Crippen LogP contribution in [0.2, 0.25) is 0 Å². The minimum absolute atomic E-state index is 0.00263. The van der Waals surface area contributed by atoms with Crippen molar-refractivity contribution in [3.8, 4) is 11.3 Å². The largest absolute Gasteiger partial charge is 0.344 e. The molecule has 6 nitrogen and oxygen atoms in total. The van der Waals surface area contributed by atoms with E-state index in [0.717, 1.165) is 78.5 Å². The van der Waals surface area contributed by atoms with Crippen LogP contribution in [0.4, 0.5) is 0 Å². The average molecular weight is 505 g/mol. The number of nitrogens with zero attached hydrogens (tertiary/aromatic N) is 3. The zero-order valence-electron chi connectivity index (χ0n) is 21.3. The molecule has 1 saturated carbocycles. The molecule has 7 heteroatoms. The number of carbonyl (C=O) groups is 2. The van der Waals surface area contributed by atoms with E-state index in [1.54, 1.807) is 11.3 Å². The number of hydrogen-bond donors (Lipinski definition) is 1. The highest BCUT2D eigenvalue weighted by Gasteiger charge is 2.40. The maximum absolute atomic E-state index is 14.0. The maximum atomic E-state index is 14.0. The summed E-state index contributed by atoms with van der Waals surface area (Å²) in [5, 5.41) is 8.47. The topological polar surface area (TPSA) is 75.2 Å². The van der Waals surface area contributed by atoms with Crippen molar-refractivity contribution in [2.75, 3.05) is 6.54 Å². The van der Waals surface area contributed by atoms with Gasteiger partial charge in [-0.3, -0.25) is 14.6 Å². The Balaban J connectivity index is 1.40. The Morgan fingerprint density at radius 3 is 2.72 bits per heavy atom. The van der Waals surface area contributed by atoms with E-state index in [2.05, 4.69) is 27.8 Å². The molecule has 2 aliphatic rings. The van der Waals surface area contributed by atoms with Crippen LogP contribution in [0.3, 0.4) is 0 Å². The van der Waals surface area contributed by atoms with E-state index in [-0.39, 0.29) is 29.7 Å². The van der Waals surface area contributed by atoms with Gasteiger partial charge in [-0.15, -0.1) is 11.3 Å². The van der Waals surface area contributed by atoms with E-state index >= 15 is 0 Å². The van der Waals surface area contributed by atoms with Gasteiger partial charge in [-0.1, -0.05) is 57.4 Å². The molecule has 1 aromatic carbocycles. The number of thiazole rings is 1. The first-order valence-electron chi connectivity index (χ1n) is 13.5. The fourth-order valence-electron chi connectivity index (χ4n) is 5.68. The highest BCUT2D eigenvalue weighted by Crippen LogP contribution is 2.38. The first-order valence-corrected chi connectivity index (χ1v) is 14.3. The molecule has 0 bridgehead atoms. The van der Waals surface area contributed by atoms with Crippen LogP contribution >= 0.6 is 11.3 Å². The molecule has 3 atom stereocenters. The van der Waals surface area contributed by atoms with Crippen molar-refractivity contribution in [3.63, 3.8) is 0 Å². The minimum atomic E-state index is -0.436. The number of pyridine rings is 1. The molecule has 0 unspecified atom stereocenters. The highest BCUT2D eigenvalue weighted by molar-refractivity contribution is 7.10. The number of likely N-dealkylation sites (tertiary alicyclic amines) is 1. The lowest BCUT2D eigenvalue weighted by molar-refractivity contribution is -0.140. The van der Waals surface area contributed by atoms with Crippen molar-refractivity contribution in [3.05, 3.63) is 47.0 Å². The fourth-order valence-corrected chi connectivity index (χ4v) is 6.65. The molecule has 2 aromatic heterocycles. The van der Waals surface area contributed by atoms with Crippen molar-refractivity contribution in [1.29, 1.82) is 0 Å². The van der Waals surface area contributed by atoms with Crippen LogP contribution in [0.15, 0.2) is 42.0 Å². The fraction of sp³-hybridized carbons (Fsp3) is 0.517. The molecular formula is C29H36N4O2S. The van der Waals surface area contributed by atoms with Gasteiger partial charge in [0.05, 0.1) is 11.7 Å². The number of carbonyl (C=O) groups excluding carboxylic acids is 2. The second-order valence-corrected chi connectivity index (χ2v) is 11.3. The molecule has 3 heterocycles. The van der Waals surface area contributed by atoms with E-state index in [9.17, 15) is 9.59 Å². The van der Waals surface area contributed by atoms with E-state index < -0.39 is 6.04 Å². The Hall–Kier alpha value is -2.80. The third-order valence-corrected chi connectivity index (χ3v) is 8.98. The lowest BCUT2D eigenvalue weighted by Crippen LogP contribution is -2.53. The highest BCUT2D eigenvalue weighted by atomic mass is 32.1. The Morgan fingerprint density at radius 2 is 1.92 bits per heavy atom. The van der Waals surface area contributed by atoms with Gasteiger partial charge in [-0.05, 0) is 43.4 Å². The van der Waals surface area contributed by atoms with Gasteiger partial charge < -0.3 is 10.2 Å². The zero-order valence-corrected chi connectivity index (χ0v) is 22.1. The Kier molecular flexibility index (Phi) is 7.65. The van der Waals surface area contributed by atoms with Gasteiger partial charge >= 0.3 is 0 Å². The van der Waals surface area contributed by atoms with Gasteiger partial charge in [-0.25, -0.2) is 4.98 Å². The third-order valence-electron chi connectivity index (χ3n) is 8.03. The monoisotopic (exact) mass is 504 g/mol. The number of aromatic nitrogens is 2. The van der Waals surface area contributed by atoms with Crippen LogP contribution in [0.1, 0.15) is 76.3 Å². The van der Waals surface area contributed by atoms with Crippen molar-refractivity contribution in [2.45, 2.75) is 77.3 Å². The van der Waals surface area contributed by atoms with Crippen LogP contribution in [0.25, 0.3) is 22.0 Å². The number of nitrogens with one attached hydrogen (secondary N) is 1.